The molecule has 0 spiro atoms. The van der Waals surface area contributed by atoms with E-state index in [4.69, 9.17) is 9.84 Å². The van der Waals surface area contributed by atoms with Gasteiger partial charge in [-0.1, -0.05) is 6.42 Å². The first-order valence-corrected chi connectivity index (χ1v) is 5.81. The summed E-state index contributed by atoms with van der Waals surface area (Å²) in [5.74, 6) is 0. The van der Waals surface area contributed by atoms with Crippen LogP contribution in [0.1, 0.15) is 19.3 Å². The molecule has 0 aliphatic carbocycles. The lowest BCUT2D eigenvalue weighted by molar-refractivity contribution is 0.116. The molecule has 1 rings (SSSR count). The molecule has 1 fully saturated rings. The largest absolute Gasteiger partial charge is 0.395 e. The van der Waals surface area contributed by atoms with Gasteiger partial charge in [0.1, 0.15) is 0 Å². The van der Waals surface area contributed by atoms with E-state index in [1.807, 2.05) is 0 Å². The Morgan fingerprint density at radius 3 is 2.93 bits per heavy atom. The van der Waals surface area contributed by atoms with Crippen molar-refractivity contribution in [2.45, 2.75) is 31.3 Å². The van der Waals surface area contributed by atoms with Crippen LogP contribution < -0.4 is 5.32 Å². The van der Waals surface area contributed by atoms with Crippen molar-refractivity contribution >= 4 is 0 Å². The Bertz CT molecular complexity index is 167. The van der Waals surface area contributed by atoms with E-state index < -0.39 is 0 Å². The van der Waals surface area contributed by atoms with Crippen LogP contribution in [0, 0.1) is 0 Å². The molecule has 1 heterocycles. The SMILES string of the molecule is COCC(CO)NCC1CCCCN1C. The van der Waals surface area contributed by atoms with E-state index in [0.717, 1.165) is 6.54 Å². The van der Waals surface area contributed by atoms with E-state index in [0.29, 0.717) is 12.6 Å². The second-order valence-electron chi connectivity index (χ2n) is 4.37. The Kier molecular flexibility index (Phi) is 6.17. The fraction of sp³-hybridized carbons (Fsp3) is 1.00. The van der Waals surface area contributed by atoms with Crippen LogP contribution in [0.5, 0.6) is 0 Å². The summed E-state index contributed by atoms with van der Waals surface area (Å²) >= 11 is 0. The molecule has 0 radical (unpaired) electrons. The van der Waals surface area contributed by atoms with Crippen molar-refractivity contribution in [3.8, 4) is 0 Å². The van der Waals surface area contributed by atoms with Gasteiger partial charge in [0.15, 0.2) is 0 Å². The highest BCUT2D eigenvalue weighted by molar-refractivity contribution is 4.78. The summed E-state index contributed by atoms with van der Waals surface area (Å²) in [6, 6.07) is 0.690. The molecular weight excluding hydrogens is 192 g/mol. The molecule has 0 amide bonds. The summed E-state index contributed by atoms with van der Waals surface area (Å²) in [6.45, 7) is 2.86. The number of nitrogens with one attached hydrogen (secondary N) is 1. The Morgan fingerprint density at radius 2 is 2.33 bits per heavy atom. The molecule has 0 bridgehead atoms. The van der Waals surface area contributed by atoms with Crippen LogP contribution in [-0.4, -0.2) is 62.6 Å². The number of rotatable bonds is 6. The van der Waals surface area contributed by atoms with Gasteiger partial charge in [-0.15, -0.1) is 0 Å². The van der Waals surface area contributed by atoms with E-state index >= 15 is 0 Å². The second kappa shape index (κ2) is 7.17. The van der Waals surface area contributed by atoms with Gasteiger partial charge in [-0.3, -0.25) is 0 Å². The van der Waals surface area contributed by atoms with Gasteiger partial charge in [0.25, 0.3) is 0 Å². The van der Waals surface area contributed by atoms with Gasteiger partial charge in [0, 0.05) is 19.7 Å². The molecule has 0 saturated carbocycles. The Hall–Kier alpha value is -0.160. The molecule has 1 aliphatic rings. The molecule has 0 aromatic rings. The zero-order valence-corrected chi connectivity index (χ0v) is 9.91. The van der Waals surface area contributed by atoms with Gasteiger partial charge >= 0.3 is 0 Å². The molecule has 2 unspecified atom stereocenters. The predicted molar refractivity (Wildman–Crippen MR) is 61.0 cm³/mol. The highest BCUT2D eigenvalue weighted by Gasteiger charge is 2.19. The van der Waals surface area contributed by atoms with Crippen molar-refractivity contribution in [1.29, 1.82) is 0 Å². The van der Waals surface area contributed by atoms with Crippen molar-refractivity contribution in [2.24, 2.45) is 0 Å². The zero-order valence-electron chi connectivity index (χ0n) is 9.91. The number of methoxy groups -OCH3 is 1. The molecule has 0 aromatic heterocycles. The molecule has 2 N–H and O–H groups in total. The van der Waals surface area contributed by atoms with Crippen LogP contribution in [0.15, 0.2) is 0 Å². The minimum atomic E-state index is 0.0744. The van der Waals surface area contributed by atoms with Crippen molar-refractivity contribution in [2.75, 3.05) is 40.5 Å². The summed E-state index contributed by atoms with van der Waals surface area (Å²) < 4.78 is 5.03. The van der Waals surface area contributed by atoms with Gasteiger partial charge in [0.2, 0.25) is 0 Å². The molecule has 0 aromatic carbocycles. The van der Waals surface area contributed by atoms with E-state index in [-0.39, 0.29) is 12.6 Å². The topological polar surface area (TPSA) is 44.7 Å². The molecule has 1 saturated heterocycles. The van der Waals surface area contributed by atoms with Gasteiger partial charge in [-0.05, 0) is 26.4 Å². The zero-order chi connectivity index (χ0) is 11.1. The van der Waals surface area contributed by atoms with Crippen LogP contribution in [0.4, 0.5) is 0 Å². The maximum atomic E-state index is 9.10. The number of aliphatic hydroxyl groups excluding tert-OH is 1. The van der Waals surface area contributed by atoms with E-state index in [1.165, 1.54) is 25.8 Å². The first kappa shape index (κ1) is 12.9. The van der Waals surface area contributed by atoms with Crippen molar-refractivity contribution in [3.63, 3.8) is 0 Å². The van der Waals surface area contributed by atoms with Gasteiger partial charge in [0.05, 0.1) is 19.3 Å². The highest BCUT2D eigenvalue weighted by atomic mass is 16.5. The van der Waals surface area contributed by atoms with Crippen LogP contribution in [0.3, 0.4) is 0 Å². The average Bonchev–Trinajstić information content (AvgIpc) is 2.26. The lowest BCUT2D eigenvalue weighted by Gasteiger charge is -2.33. The minimum Gasteiger partial charge on any atom is -0.395 e. The fourth-order valence-electron chi connectivity index (χ4n) is 2.08. The maximum Gasteiger partial charge on any atom is 0.0638 e. The number of hydrogen-bond donors (Lipinski definition) is 2. The lowest BCUT2D eigenvalue weighted by Crippen LogP contribution is -2.47. The quantitative estimate of drug-likeness (QED) is 0.659. The molecule has 4 nitrogen and oxygen atoms in total. The minimum absolute atomic E-state index is 0.0744. The normalized spacial score (nSPS) is 25.4. The molecular formula is C11H24N2O2. The fourth-order valence-corrected chi connectivity index (χ4v) is 2.08. The smallest absolute Gasteiger partial charge is 0.0638 e. The number of nitrogens with zero attached hydrogens (tertiary/aromatic N) is 1. The monoisotopic (exact) mass is 216 g/mol. The van der Waals surface area contributed by atoms with E-state index in [1.54, 1.807) is 7.11 Å². The number of likely N-dealkylation sites (tertiary alicyclic amines) is 1. The third-order valence-electron chi connectivity index (χ3n) is 3.15. The second-order valence-corrected chi connectivity index (χ2v) is 4.37. The third kappa shape index (κ3) is 4.47. The highest BCUT2D eigenvalue weighted by Crippen LogP contribution is 2.14. The molecule has 2 atom stereocenters. The number of likely N-dealkylation sites (N-methyl/N-ethyl adjacent to an activating group) is 1. The van der Waals surface area contributed by atoms with E-state index in [9.17, 15) is 0 Å². The van der Waals surface area contributed by atoms with Crippen molar-refractivity contribution in [3.05, 3.63) is 0 Å². The van der Waals surface area contributed by atoms with Crippen LogP contribution in [0.2, 0.25) is 0 Å². The Balaban J connectivity index is 2.21. The summed E-state index contributed by atoms with van der Waals surface area (Å²) in [7, 11) is 3.84. The first-order valence-electron chi connectivity index (χ1n) is 5.81. The summed E-state index contributed by atoms with van der Waals surface area (Å²) in [5.41, 5.74) is 0. The maximum absolute atomic E-state index is 9.10. The van der Waals surface area contributed by atoms with Gasteiger partial charge < -0.3 is 20.1 Å². The predicted octanol–water partition coefficient (Wildman–Crippen LogP) is 0.0676. The van der Waals surface area contributed by atoms with Gasteiger partial charge in [-0.25, -0.2) is 0 Å². The van der Waals surface area contributed by atoms with Crippen LogP contribution in [0.25, 0.3) is 0 Å². The molecule has 4 heteroatoms. The number of piperidine rings is 1. The molecule has 1 aliphatic heterocycles. The van der Waals surface area contributed by atoms with Crippen molar-refractivity contribution in [1.82, 2.24) is 10.2 Å². The first-order chi connectivity index (χ1) is 7.27. The van der Waals surface area contributed by atoms with Crippen molar-refractivity contribution < 1.29 is 9.84 Å². The Labute approximate surface area is 92.6 Å². The number of aliphatic hydroxyl groups is 1. The summed E-state index contributed by atoms with van der Waals surface area (Å²) in [6.07, 6.45) is 3.90. The van der Waals surface area contributed by atoms with Crippen LogP contribution >= 0.6 is 0 Å². The lowest BCUT2D eigenvalue weighted by atomic mass is 10.0. The summed E-state index contributed by atoms with van der Waals surface area (Å²) in [4.78, 5) is 2.40. The van der Waals surface area contributed by atoms with E-state index in [2.05, 4.69) is 17.3 Å². The van der Waals surface area contributed by atoms with Gasteiger partial charge in [-0.2, -0.15) is 0 Å². The standard InChI is InChI=1S/C11H24N2O2/c1-13-6-4-3-5-11(13)7-12-10(8-14)9-15-2/h10-12,14H,3-9H2,1-2H3. The average molecular weight is 216 g/mol. The Morgan fingerprint density at radius 1 is 1.53 bits per heavy atom. The third-order valence-corrected chi connectivity index (χ3v) is 3.15. The number of ether oxygens (including phenoxy) is 1. The van der Waals surface area contributed by atoms with Crippen LogP contribution in [-0.2, 0) is 4.74 Å². The molecule has 90 valence electrons. The molecule has 15 heavy (non-hydrogen) atoms. The number of hydrogen-bond acceptors (Lipinski definition) is 4. The summed E-state index contributed by atoms with van der Waals surface area (Å²) in [5, 5.41) is 12.5.